The number of benzene rings is 2. The number of nitrogens with zero attached hydrogens (tertiary/aromatic N) is 1. The van der Waals surface area contributed by atoms with E-state index in [1.54, 1.807) is 0 Å². The normalized spacial score (nSPS) is 14.1. The van der Waals surface area contributed by atoms with Crippen molar-refractivity contribution in [3.8, 4) is 0 Å². The van der Waals surface area contributed by atoms with E-state index in [-0.39, 0.29) is 11.8 Å². The Morgan fingerprint density at radius 3 is 2.17 bits per heavy atom. The van der Waals surface area contributed by atoms with E-state index < -0.39 is 0 Å². The van der Waals surface area contributed by atoms with Crippen LogP contribution in [0.5, 0.6) is 0 Å². The fraction of sp³-hybridized carbons (Fsp3) is 0.333. The van der Waals surface area contributed by atoms with Crippen LogP contribution in [0.25, 0.3) is 5.57 Å². The van der Waals surface area contributed by atoms with E-state index in [9.17, 15) is 9.59 Å². The Hall–Kier alpha value is -2.92. The first-order valence-electron chi connectivity index (χ1n) is 10.0. The Morgan fingerprint density at radius 1 is 0.897 bits per heavy atom. The van der Waals surface area contributed by atoms with Crippen molar-refractivity contribution in [2.45, 2.75) is 34.1 Å². The molecule has 5 heteroatoms. The molecule has 0 atom stereocenters. The van der Waals surface area contributed by atoms with Crippen molar-refractivity contribution in [1.82, 2.24) is 4.90 Å². The maximum absolute atomic E-state index is 13.2. The average Bonchev–Trinajstić information content (AvgIpc) is 2.89. The van der Waals surface area contributed by atoms with Gasteiger partial charge < -0.3 is 10.1 Å². The fourth-order valence-corrected chi connectivity index (χ4v) is 3.54. The molecule has 0 saturated heterocycles. The number of hydrogen-bond acceptors (Lipinski definition) is 4. The zero-order valence-electron chi connectivity index (χ0n) is 17.5. The molecule has 0 saturated carbocycles. The summed E-state index contributed by atoms with van der Waals surface area (Å²) in [6.45, 7) is 9.42. The van der Waals surface area contributed by atoms with Crippen LogP contribution < -0.4 is 5.32 Å². The second-order valence-corrected chi connectivity index (χ2v) is 7.43. The van der Waals surface area contributed by atoms with Crippen molar-refractivity contribution >= 4 is 23.1 Å². The Morgan fingerprint density at radius 2 is 1.55 bits per heavy atom. The summed E-state index contributed by atoms with van der Waals surface area (Å²) >= 11 is 0. The molecule has 2 aromatic carbocycles. The van der Waals surface area contributed by atoms with Crippen LogP contribution in [0.2, 0.25) is 0 Å². The number of aryl methyl sites for hydroxylation is 3. The second-order valence-electron chi connectivity index (χ2n) is 7.43. The molecule has 0 spiro atoms. The van der Waals surface area contributed by atoms with Crippen molar-refractivity contribution in [1.29, 1.82) is 0 Å². The quantitative estimate of drug-likeness (QED) is 0.539. The summed E-state index contributed by atoms with van der Waals surface area (Å²) in [5.74, 6) is -0.552. The molecule has 0 bridgehead atoms. The Labute approximate surface area is 172 Å². The molecule has 0 aromatic heterocycles. The minimum Gasteiger partial charge on any atom is -0.382 e. The molecule has 29 heavy (non-hydrogen) atoms. The third kappa shape index (κ3) is 4.74. The number of ether oxygens (including phenoxy) is 1. The first kappa shape index (κ1) is 20.8. The van der Waals surface area contributed by atoms with Gasteiger partial charge in [-0.05, 0) is 62.9 Å². The lowest BCUT2D eigenvalue weighted by Gasteiger charge is -2.15. The highest BCUT2D eigenvalue weighted by atomic mass is 16.5. The number of anilines is 1. The maximum atomic E-state index is 13.2. The van der Waals surface area contributed by atoms with Crippen molar-refractivity contribution in [3.63, 3.8) is 0 Å². The Balaban J connectivity index is 1.96. The third-order valence-electron chi connectivity index (χ3n) is 4.87. The SMILES string of the molecule is CCOCCCN1C(=O)C(Nc2cc(C)cc(C)c2)=C(c2ccc(C)cc2)C1=O. The van der Waals surface area contributed by atoms with Crippen LogP contribution in [-0.4, -0.2) is 36.5 Å². The summed E-state index contributed by atoms with van der Waals surface area (Å²) in [6.07, 6.45) is 0.614. The van der Waals surface area contributed by atoms with E-state index in [0.717, 1.165) is 27.9 Å². The summed E-state index contributed by atoms with van der Waals surface area (Å²) < 4.78 is 5.36. The Kier molecular flexibility index (Phi) is 6.49. The van der Waals surface area contributed by atoms with Gasteiger partial charge in [-0.2, -0.15) is 0 Å². The molecule has 1 aliphatic rings. The first-order valence-corrected chi connectivity index (χ1v) is 10.0. The van der Waals surface area contributed by atoms with Gasteiger partial charge in [0.05, 0.1) is 5.57 Å². The van der Waals surface area contributed by atoms with E-state index in [0.29, 0.717) is 37.4 Å². The molecule has 0 aliphatic carbocycles. The summed E-state index contributed by atoms with van der Waals surface area (Å²) in [5, 5.41) is 3.23. The lowest BCUT2D eigenvalue weighted by atomic mass is 10.0. The van der Waals surface area contributed by atoms with Gasteiger partial charge in [0.2, 0.25) is 0 Å². The van der Waals surface area contributed by atoms with Crippen molar-refractivity contribution < 1.29 is 14.3 Å². The van der Waals surface area contributed by atoms with Gasteiger partial charge in [-0.1, -0.05) is 35.9 Å². The van der Waals surface area contributed by atoms with Crippen LogP contribution in [0.1, 0.15) is 35.6 Å². The van der Waals surface area contributed by atoms with Gasteiger partial charge in [0.1, 0.15) is 5.70 Å². The average molecular weight is 392 g/mol. The molecular weight excluding hydrogens is 364 g/mol. The monoisotopic (exact) mass is 392 g/mol. The smallest absolute Gasteiger partial charge is 0.278 e. The molecular formula is C24H28N2O3. The predicted molar refractivity (Wildman–Crippen MR) is 115 cm³/mol. The minimum atomic E-state index is -0.291. The van der Waals surface area contributed by atoms with Gasteiger partial charge >= 0.3 is 0 Å². The molecule has 5 nitrogen and oxygen atoms in total. The van der Waals surface area contributed by atoms with Gasteiger partial charge in [0.25, 0.3) is 11.8 Å². The molecule has 1 N–H and O–H groups in total. The number of carbonyl (C=O) groups is 2. The van der Waals surface area contributed by atoms with Gasteiger partial charge in [-0.15, -0.1) is 0 Å². The summed E-state index contributed by atoms with van der Waals surface area (Å²) in [6, 6.07) is 13.7. The largest absolute Gasteiger partial charge is 0.382 e. The summed E-state index contributed by atoms with van der Waals surface area (Å²) in [5.41, 5.74) is 5.59. The van der Waals surface area contributed by atoms with Crippen LogP contribution in [0.3, 0.4) is 0 Å². The fourth-order valence-electron chi connectivity index (χ4n) is 3.54. The van der Waals surface area contributed by atoms with E-state index >= 15 is 0 Å². The molecule has 0 unspecified atom stereocenters. The van der Waals surface area contributed by atoms with Crippen LogP contribution >= 0.6 is 0 Å². The number of amides is 2. The standard InChI is InChI=1S/C24H28N2O3/c1-5-29-12-6-11-26-23(27)21(19-9-7-16(2)8-10-19)22(24(26)28)25-20-14-17(3)13-18(4)15-20/h7-10,13-15,25H,5-6,11-12H2,1-4H3. The topological polar surface area (TPSA) is 58.6 Å². The highest BCUT2D eigenvalue weighted by Gasteiger charge is 2.38. The van der Waals surface area contributed by atoms with E-state index in [4.69, 9.17) is 4.74 Å². The third-order valence-corrected chi connectivity index (χ3v) is 4.87. The van der Waals surface area contributed by atoms with Crippen LogP contribution in [-0.2, 0) is 14.3 Å². The number of imide groups is 1. The van der Waals surface area contributed by atoms with Gasteiger partial charge in [-0.25, -0.2) is 0 Å². The lowest BCUT2D eigenvalue weighted by molar-refractivity contribution is -0.137. The van der Waals surface area contributed by atoms with Gasteiger partial charge in [0, 0.05) is 25.4 Å². The molecule has 3 rings (SSSR count). The summed E-state index contributed by atoms with van der Waals surface area (Å²) in [4.78, 5) is 27.6. The zero-order chi connectivity index (χ0) is 21.0. The van der Waals surface area contributed by atoms with E-state index in [1.165, 1.54) is 4.90 Å². The lowest BCUT2D eigenvalue weighted by Crippen LogP contribution is -2.34. The number of carbonyl (C=O) groups excluding carboxylic acids is 2. The number of rotatable bonds is 8. The van der Waals surface area contributed by atoms with Crippen molar-refractivity contribution in [3.05, 3.63) is 70.4 Å². The molecule has 2 aromatic rings. The van der Waals surface area contributed by atoms with Crippen LogP contribution in [0.15, 0.2) is 48.2 Å². The molecule has 0 radical (unpaired) electrons. The summed E-state index contributed by atoms with van der Waals surface area (Å²) in [7, 11) is 0. The maximum Gasteiger partial charge on any atom is 0.278 e. The zero-order valence-corrected chi connectivity index (χ0v) is 17.5. The Bertz CT molecular complexity index is 925. The van der Waals surface area contributed by atoms with E-state index in [2.05, 4.69) is 11.4 Å². The van der Waals surface area contributed by atoms with E-state index in [1.807, 2.05) is 64.1 Å². The molecule has 2 amide bonds. The highest BCUT2D eigenvalue weighted by Crippen LogP contribution is 2.31. The van der Waals surface area contributed by atoms with Gasteiger partial charge in [-0.3, -0.25) is 14.5 Å². The second kappa shape index (κ2) is 9.05. The van der Waals surface area contributed by atoms with Gasteiger partial charge in [0.15, 0.2) is 0 Å². The molecule has 152 valence electrons. The first-order chi connectivity index (χ1) is 13.9. The highest BCUT2D eigenvalue weighted by molar-refractivity contribution is 6.36. The number of nitrogens with one attached hydrogen (secondary N) is 1. The minimum absolute atomic E-state index is 0.262. The molecule has 0 fully saturated rings. The van der Waals surface area contributed by atoms with Crippen LogP contribution in [0.4, 0.5) is 5.69 Å². The predicted octanol–water partition coefficient (Wildman–Crippen LogP) is 4.23. The molecule has 1 heterocycles. The van der Waals surface area contributed by atoms with Crippen molar-refractivity contribution in [2.24, 2.45) is 0 Å². The number of hydrogen-bond donors (Lipinski definition) is 1. The van der Waals surface area contributed by atoms with Crippen molar-refractivity contribution in [2.75, 3.05) is 25.1 Å². The van der Waals surface area contributed by atoms with Crippen LogP contribution in [0, 0.1) is 20.8 Å². The molecule has 1 aliphatic heterocycles.